The summed E-state index contributed by atoms with van der Waals surface area (Å²) in [6, 6.07) is 28.9. The van der Waals surface area contributed by atoms with Gasteiger partial charge in [0.1, 0.15) is 40.9 Å². The minimum atomic E-state index is -0.440. The van der Waals surface area contributed by atoms with Gasteiger partial charge < -0.3 is 23.7 Å². The van der Waals surface area contributed by atoms with Crippen LogP contribution in [0.15, 0.2) is 91.0 Å². The summed E-state index contributed by atoms with van der Waals surface area (Å²) in [7, 11) is 1.36. The van der Waals surface area contributed by atoms with Crippen LogP contribution in [0.5, 0.6) is 28.7 Å². The Morgan fingerprint density at radius 1 is 0.721 bits per heavy atom. The molecule has 43 heavy (non-hydrogen) atoms. The minimum Gasteiger partial charge on any atom is -0.493 e. The van der Waals surface area contributed by atoms with E-state index in [0.29, 0.717) is 43.3 Å². The second kappa shape index (κ2) is 18.5. The van der Waals surface area contributed by atoms with Crippen LogP contribution < -0.4 is 18.9 Å². The predicted molar refractivity (Wildman–Crippen MR) is 175 cm³/mol. The molecule has 0 saturated carbocycles. The van der Waals surface area contributed by atoms with Gasteiger partial charge in [-0.05, 0) is 60.1 Å². The molecule has 0 saturated heterocycles. The third-order valence-electron chi connectivity index (χ3n) is 6.57. The van der Waals surface area contributed by atoms with Gasteiger partial charge >= 0.3 is 5.97 Å². The molecule has 0 aliphatic rings. The van der Waals surface area contributed by atoms with Crippen LogP contribution in [-0.2, 0) is 24.2 Å². The summed E-state index contributed by atoms with van der Waals surface area (Å²) in [5.41, 5.74) is 3.60. The van der Waals surface area contributed by atoms with Crippen molar-refractivity contribution in [2.24, 2.45) is 0 Å². The molecule has 0 aromatic heterocycles. The van der Waals surface area contributed by atoms with Gasteiger partial charge in [-0.2, -0.15) is 0 Å². The number of halogens is 1. The molecule has 0 N–H and O–H groups in total. The van der Waals surface area contributed by atoms with Crippen molar-refractivity contribution in [1.82, 2.24) is 0 Å². The monoisotopic (exact) mass is 648 g/mol. The number of ether oxygens (including phenoxy) is 5. The highest BCUT2D eigenvalue weighted by Crippen LogP contribution is 2.35. The number of rotatable bonds is 15. The lowest BCUT2D eigenvalue weighted by Gasteiger charge is -2.17. The maximum Gasteiger partial charge on any atom is 0.341 e. The minimum absolute atomic E-state index is 0.377. The fourth-order valence-corrected chi connectivity index (χ4v) is 4.44. The number of esters is 1. The molecule has 0 fully saturated rings. The summed E-state index contributed by atoms with van der Waals surface area (Å²) in [6.07, 6.45) is 3.27. The topological polar surface area (TPSA) is 63.2 Å². The number of carbonyl (C=O) groups excluding carboxylic acids is 1. The molecule has 0 heterocycles. The first-order chi connectivity index (χ1) is 21.1. The summed E-state index contributed by atoms with van der Waals surface area (Å²) in [4.78, 5) is 12.2. The largest absolute Gasteiger partial charge is 0.493 e. The maximum atomic E-state index is 12.2. The molecule has 228 valence electrons. The Morgan fingerprint density at radius 3 is 2.12 bits per heavy atom. The van der Waals surface area contributed by atoms with Gasteiger partial charge in [0.2, 0.25) is 0 Å². The third kappa shape index (κ3) is 10.1. The van der Waals surface area contributed by atoms with E-state index in [2.05, 4.69) is 35.8 Å². The van der Waals surface area contributed by atoms with E-state index in [1.807, 2.05) is 72.6 Å². The molecule has 0 aliphatic heterocycles. The van der Waals surface area contributed by atoms with Crippen LogP contribution in [0.25, 0.3) is 0 Å². The number of methoxy groups -OCH3 is 1. The molecular formula is C36H41BrO6. The van der Waals surface area contributed by atoms with E-state index >= 15 is 0 Å². The smallest absolute Gasteiger partial charge is 0.341 e. The first kappa shape index (κ1) is 33.5. The average molecular weight is 650 g/mol. The van der Waals surface area contributed by atoms with Crippen LogP contribution in [0.3, 0.4) is 0 Å². The summed E-state index contributed by atoms with van der Waals surface area (Å²) in [5.74, 6) is 4.87. The van der Waals surface area contributed by atoms with E-state index in [1.54, 1.807) is 18.2 Å². The Morgan fingerprint density at radius 2 is 1.40 bits per heavy atom. The molecule has 7 heteroatoms. The lowest BCUT2D eigenvalue weighted by atomic mass is 10.1. The van der Waals surface area contributed by atoms with Crippen molar-refractivity contribution < 1.29 is 28.5 Å². The van der Waals surface area contributed by atoms with Gasteiger partial charge in [0.05, 0.1) is 20.3 Å². The predicted octanol–water partition coefficient (Wildman–Crippen LogP) is 9.22. The van der Waals surface area contributed by atoms with Crippen molar-refractivity contribution in [3.63, 3.8) is 0 Å². The van der Waals surface area contributed by atoms with Crippen molar-refractivity contribution in [3.8, 4) is 28.7 Å². The molecule has 0 atom stereocenters. The van der Waals surface area contributed by atoms with Crippen molar-refractivity contribution in [2.75, 3.05) is 26.2 Å². The molecule has 0 aliphatic carbocycles. The number of alkyl halides is 1. The van der Waals surface area contributed by atoms with E-state index in [9.17, 15) is 4.79 Å². The normalized spacial score (nSPS) is 10.3. The van der Waals surface area contributed by atoms with Crippen LogP contribution in [0, 0.1) is 0 Å². The molecular weight excluding hydrogens is 608 g/mol. The molecule has 0 bridgehead atoms. The van der Waals surface area contributed by atoms with E-state index in [-0.39, 0.29) is 0 Å². The highest BCUT2D eigenvalue weighted by Gasteiger charge is 2.16. The second-order valence-electron chi connectivity index (χ2n) is 9.52. The van der Waals surface area contributed by atoms with Crippen molar-refractivity contribution in [1.29, 1.82) is 0 Å². The Bertz CT molecular complexity index is 1410. The van der Waals surface area contributed by atoms with E-state index in [1.165, 1.54) is 7.11 Å². The molecule has 4 aromatic rings. The summed E-state index contributed by atoms with van der Waals surface area (Å²) < 4.78 is 29.5. The number of benzene rings is 4. The van der Waals surface area contributed by atoms with Gasteiger partial charge in [-0.25, -0.2) is 4.79 Å². The number of hydrogen-bond donors (Lipinski definition) is 0. The zero-order valence-corrected chi connectivity index (χ0v) is 27.0. The molecule has 0 radical (unpaired) electrons. The molecule has 6 nitrogen and oxygen atoms in total. The van der Waals surface area contributed by atoms with Crippen LogP contribution in [0.2, 0.25) is 0 Å². The van der Waals surface area contributed by atoms with E-state index < -0.39 is 5.97 Å². The average Bonchev–Trinajstić information content (AvgIpc) is 3.06. The number of para-hydroxylation sites is 1. The van der Waals surface area contributed by atoms with Crippen LogP contribution in [-0.4, -0.2) is 32.1 Å². The standard InChI is InChI=1S/C35H38O6.CH3Br/c1-4-13-29-31(18-11-19-32(29)41-33-17-10-9-16-30(33)35(36)37-3)38-22-12-23-39-34-24-28(21-20-27(34)5-2)40-25-26-14-7-6-8-15-26;1-2/h6-11,14-21,24H,4-5,12-13,22-23,25H2,1-3H3;1H3. The number of carbonyl (C=O) groups is 1. The molecule has 4 rings (SSSR count). The lowest BCUT2D eigenvalue weighted by Crippen LogP contribution is -2.08. The fourth-order valence-electron chi connectivity index (χ4n) is 4.44. The Hall–Kier alpha value is -3.97. The van der Waals surface area contributed by atoms with Crippen molar-refractivity contribution in [3.05, 3.63) is 113 Å². The van der Waals surface area contributed by atoms with Crippen LogP contribution >= 0.6 is 15.9 Å². The summed E-state index contributed by atoms with van der Waals surface area (Å²) in [6.45, 7) is 5.74. The Balaban J connectivity index is 0.00000248. The Kier molecular flexibility index (Phi) is 14.5. The zero-order chi connectivity index (χ0) is 30.9. The van der Waals surface area contributed by atoms with Gasteiger partial charge in [-0.3, -0.25) is 0 Å². The maximum absolute atomic E-state index is 12.2. The van der Waals surface area contributed by atoms with E-state index in [4.69, 9.17) is 23.7 Å². The fraction of sp³-hybridized carbons (Fsp3) is 0.306. The number of aryl methyl sites for hydroxylation is 1. The molecule has 0 amide bonds. The highest BCUT2D eigenvalue weighted by molar-refractivity contribution is 9.08. The third-order valence-corrected chi connectivity index (χ3v) is 6.57. The second-order valence-corrected chi connectivity index (χ2v) is 9.52. The van der Waals surface area contributed by atoms with Gasteiger partial charge in [0, 0.05) is 18.1 Å². The zero-order valence-electron chi connectivity index (χ0n) is 25.4. The molecule has 4 aromatic carbocycles. The van der Waals surface area contributed by atoms with Crippen molar-refractivity contribution >= 4 is 21.9 Å². The number of hydrogen-bond acceptors (Lipinski definition) is 6. The summed E-state index contributed by atoms with van der Waals surface area (Å²) in [5, 5.41) is 0. The summed E-state index contributed by atoms with van der Waals surface area (Å²) >= 11 is 2.94. The van der Waals surface area contributed by atoms with Gasteiger partial charge in [0.25, 0.3) is 0 Å². The first-order valence-electron chi connectivity index (χ1n) is 14.5. The van der Waals surface area contributed by atoms with Gasteiger partial charge in [0.15, 0.2) is 0 Å². The van der Waals surface area contributed by atoms with Crippen molar-refractivity contribution in [2.45, 2.75) is 46.1 Å². The van der Waals surface area contributed by atoms with Crippen LogP contribution in [0.1, 0.15) is 53.7 Å². The lowest BCUT2D eigenvalue weighted by molar-refractivity contribution is 0.0598. The quantitative estimate of drug-likeness (QED) is 0.0727. The SMILES string of the molecule is CBr.CCCc1c(OCCCOc2cc(OCc3ccccc3)ccc2CC)cccc1Oc1ccccc1C(=O)OC. The Labute approximate surface area is 264 Å². The van der Waals surface area contributed by atoms with Gasteiger partial charge in [-0.15, -0.1) is 0 Å². The van der Waals surface area contributed by atoms with Crippen LogP contribution in [0.4, 0.5) is 0 Å². The molecule has 0 spiro atoms. The first-order valence-corrected chi connectivity index (χ1v) is 16.1. The molecule has 0 unspecified atom stereocenters. The van der Waals surface area contributed by atoms with E-state index in [0.717, 1.165) is 53.2 Å². The van der Waals surface area contributed by atoms with Gasteiger partial charge in [-0.1, -0.05) is 90.8 Å². The highest BCUT2D eigenvalue weighted by atomic mass is 79.9.